The molecule has 7 N–H and O–H groups in total. The molecule has 0 aromatic heterocycles. The predicted molar refractivity (Wildman–Crippen MR) is 75.0 cm³/mol. The Bertz CT molecular complexity index is 232. The molecule has 1 saturated carbocycles. The normalized spacial score (nSPS) is 26.3. The number of allylic oxidation sites excluding steroid dienone is 2. The summed E-state index contributed by atoms with van der Waals surface area (Å²) in [5, 5.41) is 3.59. The van der Waals surface area contributed by atoms with Crippen molar-refractivity contribution in [2.45, 2.75) is 26.7 Å². The van der Waals surface area contributed by atoms with Gasteiger partial charge in [-0.2, -0.15) is 0 Å². The maximum atomic E-state index is 5.21. The minimum atomic E-state index is 0. The van der Waals surface area contributed by atoms with Crippen molar-refractivity contribution in [1.29, 1.82) is 0 Å². The summed E-state index contributed by atoms with van der Waals surface area (Å²) in [6.45, 7) is 2.62. The summed E-state index contributed by atoms with van der Waals surface area (Å²) >= 11 is 5.21. The van der Waals surface area contributed by atoms with E-state index in [1.165, 1.54) is 44.5 Å². The van der Waals surface area contributed by atoms with Gasteiger partial charge in [0.2, 0.25) is 0 Å². The molecule has 2 atom stereocenters. The second kappa shape index (κ2) is 8.25. The molecule has 0 aromatic rings. The van der Waals surface area contributed by atoms with Gasteiger partial charge in [0.05, 0.1) is 11.0 Å². The Morgan fingerprint density at radius 2 is 1.59 bits per heavy atom. The fourth-order valence-corrected chi connectivity index (χ4v) is 2.34. The second-order valence-electron chi connectivity index (χ2n) is 4.33. The zero-order valence-electron chi connectivity index (χ0n) is 9.45. The van der Waals surface area contributed by atoms with Crippen molar-refractivity contribution in [2.24, 2.45) is 29.0 Å². The molecule has 2 fully saturated rings. The molecule has 2 rings (SSSR count). The lowest BCUT2D eigenvalue weighted by atomic mass is 10.0. The minimum Gasteiger partial charge on any atom is -0.389 e. The smallest absolute Gasteiger partial charge is 0.0993 e. The van der Waals surface area contributed by atoms with Crippen LogP contribution in [0.3, 0.4) is 0 Å². The first kappa shape index (κ1) is 16.1. The zero-order chi connectivity index (χ0) is 12.0. The van der Waals surface area contributed by atoms with Gasteiger partial charge in [-0.1, -0.05) is 25.4 Å². The highest BCUT2D eigenvalue weighted by atomic mass is 35.5. The number of hydrogen-bond acceptors (Lipinski definition) is 4. The summed E-state index contributed by atoms with van der Waals surface area (Å²) in [5.41, 5.74) is 15.1. The zero-order valence-corrected chi connectivity index (χ0v) is 10.2. The van der Waals surface area contributed by atoms with Crippen molar-refractivity contribution >= 4 is 11.6 Å². The molecule has 1 aliphatic heterocycles. The standard InChI is InChI=1S/C7H13N.C4H8ClN3.CH4/c1-2-6-4-8-5-7(6)3-1;5-3(6)1-2-4(7)8;/h6-8H,1-5H2;1-2H,6-8H2;1H4/b;3-1-;. The van der Waals surface area contributed by atoms with Crippen LogP contribution in [0.5, 0.6) is 0 Å². The molecule has 0 spiro atoms. The van der Waals surface area contributed by atoms with Gasteiger partial charge < -0.3 is 22.5 Å². The number of hydrogen-bond donors (Lipinski definition) is 4. The molecule has 0 aromatic carbocycles. The Labute approximate surface area is 109 Å². The molecule has 17 heavy (non-hydrogen) atoms. The third kappa shape index (κ3) is 6.44. The van der Waals surface area contributed by atoms with E-state index in [4.69, 9.17) is 28.8 Å². The van der Waals surface area contributed by atoms with E-state index < -0.39 is 0 Å². The van der Waals surface area contributed by atoms with Gasteiger partial charge in [-0.15, -0.1) is 0 Å². The third-order valence-electron chi connectivity index (χ3n) is 3.06. The topological polar surface area (TPSA) is 90.1 Å². The van der Waals surface area contributed by atoms with E-state index in [1.54, 1.807) is 0 Å². The van der Waals surface area contributed by atoms with Crippen LogP contribution < -0.4 is 22.5 Å². The van der Waals surface area contributed by atoms with Crippen molar-refractivity contribution in [3.63, 3.8) is 0 Å². The van der Waals surface area contributed by atoms with Crippen molar-refractivity contribution in [1.82, 2.24) is 5.32 Å². The Hall–Kier alpha value is -0.870. The number of rotatable bonds is 1. The van der Waals surface area contributed by atoms with Crippen LogP contribution in [0.1, 0.15) is 26.7 Å². The SMILES string of the molecule is C.C1CC2CNCC2C1.NC(N)=C/C=C(\N)Cl. The van der Waals surface area contributed by atoms with Gasteiger partial charge in [-0.05, 0) is 49.9 Å². The fourth-order valence-electron chi connectivity index (χ4n) is 2.28. The van der Waals surface area contributed by atoms with Crippen LogP contribution in [0.15, 0.2) is 23.1 Å². The Morgan fingerprint density at radius 1 is 1.06 bits per heavy atom. The van der Waals surface area contributed by atoms with E-state index in [1.807, 2.05) is 0 Å². The van der Waals surface area contributed by atoms with Gasteiger partial charge in [0, 0.05) is 0 Å². The van der Waals surface area contributed by atoms with E-state index in [2.05, 4.69) is 5.32 Å². The van der Waals surface area contributed by atoms with Crippen LogP contribution in [-0.2, 0) is 0 Å². The van der Waals surface area contributed by atoms with Crippen molar-refractivity contribution in [2.75, 3.05) is 13.1 Å². The van der Waals surface area contributed by atoms with Crippen LogP contribution in [0.4, 0.5) is 0 Å². The Morgan fingerprint density at radius 3 is 1.94 bits per heavy atom. The summed E-state index contributed by atoms with van der Waals surface area (Å²) in [7, 11) is 0. The maximum absolute atomic E-state index is 5.21. The van der Waals surface area contributed by atoms with E-state index in [-0.39, 0.29) is 18.4 Å². The highest BCUT2D eigenvalue weighted by Crippen LogP contribution is 2.33. The van der Waals surface area contributed by atoms with Crippen LogP contribution in [0.25, 0.3) is 0 Å². The lowest BCUT2D eigenvalue weighted by molar-refractivity contribution is 0.494. The van der Waals surface area contributed by atoms with Gasteiger partial charge in [0.15, 0.2) is 0 Å². The first-order chi connectivity index (χ1) is 7.59. The lowest BCUT2D eigenvalue weighted by Gasteiger charge is -2.02. The molecule has 0 bridgehead atoms. The molecule has 4 nitrogen and oxygen atoms in total. The molecular weight excluding hydrogens is 236 g/mol. The molecule has 2 aliphatic rings. The second-order valence-corrected chi connectivity index (χ2v) is 4.76. The average molecular weight is 261 g/mol. The summed E-state index contributed by atoms with van der Waals surface area (Å²) in [4.78, 5) is 0. The fraction of sp³-hybridized carbons (Fsp3) is 0.667. The molecule has 5 heteroatoms. The molecular formula is C12H25ClN4. The van der Waals surface area contributed by atoms with Gasteiger partial charge in [-0.3, -0.25) is 0 Å². The largest absolute Gasteiger partial charge is 0.389 e. The lowest BCUT2D eigenvalue weighted by Crippen LogP contribution is -2.08. The maximum Gasteiger partial charge on any atom is 0.0993 e. The minimum absolute atomic E-state index is 0. The summed E-state index contributed by atoms with van der Waals surface area (Å²) in [6, 6.07) is 0. The quantitative estimate of drug-likeness (QED) is 0.424. The monoisotopic (exact) mass is 260 g/mol. The van der Waals surface area contributed by atoms with Crippen LogP contribution in [0.2, 0.25) is 0 Å². The Kier molecular flexibility index (Phi) is 7.83. The number of fused-ring (bicyclic) bond motifs is 1. The molecule has 0 amide bonds. The summed E-state index contributed by atoms with van der Waals surface area (Å²) in [5.74, 6) is 2.32. The van der Waals surface area contributed by atoms with Crippen LogP contribution in [-0.4, -0.2) is 13.1 Å². The van der Waals surface area contributed by atoms with Gasteiger partial charge in [-0.25, -0.2) is 0 Å². The number of halogens is 1. The van der Waals surface area contributed by atoms with Crippen molar-refractivity contribution in [3.8, 4) is 0 Å². The molecule has 100 valence electrons. The van der Waals surface area contributed by atoms with Crippen LogP contribution >= 0.6 is 11.6 Å². The van der Waals surface area contributed by atoms with E-state index in [9.17, 15) is 0 Å². The number of nitrogens with one attached hydrogen (secondary N) is 1. The summed E-state index contributed by atoms with van der Waals surface area (Å²) < 4.78 is 0. The van der Waals surface area contributed by atoms with Crippen LogP contribution in [0, 0.1) is 11.8 Å². The van der Waals surface area contributed by atoms with Crippen molar-refractivity contribution < 1.29 is 0 Å². The molecule has 1 aliphatic carbocycles. The van der Waals surface area contributed by atoms with E-state index in [0.29, 0.717) is 0 Å². The summed E-state index contributed by atoms with van der Waals surface area (Å²) in [6.07, 6.45) is 7.32. The van der Waals surface area contributed by atoms with Gasteiger partial charge in [0.25, 0.3) is 0 Å². The van der Waals surface area contributed by atoms with E-state index in [0.717, 1.165) is 11.8 Å². The van der Waals surface area contributed by atoms with E-state index >= 15 is 0 Å². The average Bonchev–Trinajstić information content (AvgIpc) is 2.76. The third-order valence-corrected chi connectivity index (χ3v) is 3.19. The van der Waals surface area contributed by atoms with Gasteiger partial charge in [0.1, 0.15) is 0 Å². The Balaban J connectivity index is 0.000000284. The molecule has 2 unspecified atom stereocenters. The predicted octanol–water partition coefficient (Wildman–Crippen LogP) is 1.43. The van der Waals surface area contributed by atoms with Gasteiger partial charge >= 0.3 is 0 Å². The first-order valence-corrected chi connectivity index (χ1v) is 6.02. The molecule has 1 saturated heterocycles. The number of nitrogens with two attached hydrogens (primary N) is 3. The highest BCUT2D eigenvalue weighted by molar-refractivity contribution is 6.29. The van der Waals surface area contributed by atoms with Crippen molar-refractivity contribution in [3.05, 3.63) is 23.1 Å². The first-order valence-electron chi connectivity index (χ1n) is 5.64. The molecule has 1 heterocycles. The molecule has 0 radical (unpaired) electrons. The highest BCUT2D eigenvalue weighted by Gasteiger charge is 2.30.